The quantitative estimate of drug-likeness (QED) is 0.265. The molecule has 0 unspecified atom stereocenters. The number of benzene rings is 3. The van der Waals surface area contributed by atoms with Gasteiger partial charge in [-0.15, -0.1) is 0 Å². The summed E-state index contributed by atoms with van der Waals surface area (Å²) in [5, 5.41) is 22.7. The zero-order valence-electron chi connectivity index (χ0n) is 23.7. The molecule has 0 radical (unpaired) electrons. The third kappa shape index (κ3) is 4.26. The van der Waals surface area contributed by atoms with E-state index in [-0.39, 0.29) is 29.0 Å². The number of aromatic nitrogens is 1. The van der Waals surface area contributed by atoms with E-state index >= 15 is 0 Å². The van der Waals surface area contributed by atoms with Crippen LogP contribution in [0, 0.1) is 17.2 Å². The van der Waals surface area contributed by atoms with Crippen LogP contribution in [0.4, 0.5) is 4.39 Å². The number of phenolic OH excluding ortho intramolecular Hbond substituents is 1. The number of nitrogens with zero attached hydrogens (tertiary/aromatic N) is 1. The number of methoxy groups -OCH3 is 1. The molecule has 5 nitrogen and oxygen atoms in total. The maximum absolute atomic E-state index is 13.5. The number of hydrogen-bond acceptors (Lipinski definition) is 4. The second kappa shape index (κ2) is 9.41. The molecule has 2 heterocycles. The third-order valence-electron chi connectivity index (χ3n) is 9.26. The van der Waals surface area contributed by atoms with Crippen molar-refractivity contribution in [3.63, 3.8) is 0 Å². The summed E-state index contributed by atoms with van der Waals surface area (Å²) in [7, 11) is 3.64. The van der Waals surface area contributed by atoms with Crippen LogP contribution in [-0.4, -0.2) is 33.6 Å². The van der Waals surface area contributed by atoms with E-state index in [4.69, 9.17) is 9.47 Å². The number of ether oxygens (including phenoxy) is 2. The molecular formula is C34H36FNO4. The highest BCUT2D eigenvalue weighted by Crippen LogP contribution is 2.54. The summed E-state index contributed by atoms with van der Waals surface area (Å²) < 4.78 is 27.9. The second-order valence-corrected chi connectivity index (χ2v) is 12.2. The van der Waals surface area contributed by atoms with Crippen LogP contribution in [0.15, 0.2) is 54.7 Å². The molecule has 6 heteroatoms. The SMILES string of the molecule is COc1cc(/C=C/c2cc(O)c3c(c2)C[C@@H]2C(C)(C)[C@H](O)CC[C@@]2(C)O3)cc2c1c(-c1ccc(F)cc1)cn2C. The normalized spacial score (nSPS) is 23.6. The minimum absolute atomic E-state index is 0.134. The van der Waals surface area contributed by atoms with Crippen LogP contribution in [-0.2, 0) is 13.5 Å². The fourth-order valence-electron chi connectivity index (χ4n) is 6.90. The highest BCUT2D eigenvalue weighted by atomic mass is 19.1. The Hall–Kier alpha value is -3.77. The van der Waals surface area contributed by atoms with Gasteiger partial charge < -0.3 is 24.3 Å². The molecule has 3 aromatic carbocycles. The minimum Gasteiger partial charge on any atom is -0.504 e. The van der Waals surface area contributed by atoms with Gasteiger partial charge in [0.1, 0.15) is 17.2 Å². The van der Waals surface area contributed by atoms with Crippen LogP contribution in [0.5, 0.6) is 17.2 Å². The Kier molecular flexibility index (Phi) is 6.22. The molecule has 3 atom stereocenters. The van der Waals surface area contributed by atoms with Gasteiger partial charge in [0.25, 0.3) is 0 Å². The number of rotatable bonds is 4. The average molecular weight is 542 g/mol. The molecule has 2 aliphatic rings. The predicted molar refractivity (Wildman–Crippen MR) is 157 cm³/mol. The van der Waals surface area contributed by atoms with Crippen LogP contribution in [0.1, 0.15) is 50.3 Å². The summed E-state index contributed by atoms with van der Waals surface area (Å²) in [6.07, 6.45) is 7.84. The molecular weight excluding hydrogens is 505 g/mol. The second-order valence-electron chi connectivity index (χ2n) is 12.2. The first-order chi connectivity index (χ1) is 19.0. The van der Waals surface area contributed by atoms with Gasteiger partial charge in [-0.2, -0.15) is 0 Å². The van der Waals surface area contributed by atoms with Gasteiger partial charge in [-0.3, -0.25) is 0 Å². The van der Waals surface area contributed by atoms with Gasteiger partial charge in [0.05, 0.1) is 18.7 Å². The van der Waals surface area contributed by atoms with E-state index < -0.39 is 5.60 Å². The van der Waals surface area contributed by atoms with Gasteiger partial charge in [0, 0.05) is 30.1 Å². The summed E-state index contributed by atoms with van der Waals surface area (Å²) >= 11 is 0. The van der Waals surface area contributed by atoms with Crippen LogP contribution in [0.2, 0.25) is 0 Å². The molecule has 4 aromatic rings. The molecule has 1 saturated carbocycles. The number of fused-ring (bicyclic) bond motifs is 3. The number of aromatic hydroxyl groups is 1. The first kappa shape index (κ1) is 26.5. The topological polar surface area (TPSA) is 63.9 Å². The van der Waals surface area contributed by atoms with E-state index in [1.54, 1.807) is 25.3 Å². The maximum atomic E-state index is 13.5. The lowest BCUT2D eigenvalue weighted by Crippen LogP contribution is -2.58. The van der Waals surface area contributed by atoms with Gasteiger partial charge in [-0.05, 0) is 90.3 Å². The largest absolute Gasteiger partial charge is 0.504 e. The summed E-state index contributed by atoms with van der Waals surface area (Å²) in [6, 6.07) is 14.4. The van der Waals surface area contributed by atoms with Gasteiger partial charge in [-0.1, -0.05) is 38.1 Å². The van der Waals surface area contributed by atoms with Crippen LogP contribution in [0.25, 0.3) is 34.2 Å². The Morgan fingerprint density at radius 2 is 1.75 bits per heavy atom. The van der Waals surface area contributed by atoms with Crippen LogP contribution < -0.4 is 9.47 Å². The van der Waals surface area contributed by atoms with Crippen LogP contribution >= 0.6 is 0 Å². The molecule has 208 valence electrons. The number of aryl methyl sites for hydroxylation is 1. The van der Waals surface area contributed by atoms with Crippen LogP contribution in [0.3, 0.4) is 0 Å². The number of phenols is 1. The smallest absolute Gasteiger partial charge is 0.164 e. The standard InChI is InChI=1S/C34H36FNO4/c1-33(2)29-18-23-14-20(16-27(37)32(23)40-34(29,3)13-12-30(33)38)6-7-21-15-26-31(28(17-21)39-5)25(19-36(26)4)22-8-10-24(35)11-9-22/h6-11,14-17,19,29-30,37-38H,12-13,18H2,1-5H3/b7-6+/t29-,30-,34-/m1/s1. The van der Waals surface area contributed by atoms with E-state index in [1.807, 2.05) is 36.0 Å². The van der Waals surface area contributed by atoms with Crippen molar-refractivity contribution in [2.24, 2.45) is 18.4 Å². The van der Waals surface area contributed by atoms with Crippen molar-refractivity contribution in [1.82, 2.24) is 4.57 Å². The Morgan fingerprint density at radius 1 is 1.05 bits per heavy atom. The molecule has 6 rings (SSSR count). The van der Waals surface area contributed by atoms with Crippen molar-refractivity contribution >= 4 is 23.1 Å². The monoisotopic (exact) mass is 541 g/mol. The fourth-order valence-corrected chi connectivity index (χ4v) is 6.90. The zero-order valence-corrected chi connectivity index (χ0v) is 23.7. The zero-order chi connectivity index (χ0) is 28.4. The molecule has 0 bridgehead atoms. The highest BCUT2D eigenvalue weighted by molar-refractivity contribution is 6.01. The Morgan fingerprint density at radius 3 is 2.45 bits per heavy atom. The Balaban J connectivity index is 1.35. The lowest BCUT2D eigenvalue weighted by molar-refractivity contribution is -0.138. The molecule has 1 aromatic heterocycles. The maximum Gasteiger partial charge on any atom is 0.164 e. The molecule has 0 amide bonds. The number of aliphatic hydroxyl groups excluding tert-OH is 1. The van der Waals surface area contributed by atoms with E-state index in [0.29, 0.717) is 12.2 Å². The van der Waals surface area contributed by atoms with E-state index in [0.717, 1.165) is 57.3 Å². The lowest BCUT2D eigenvalue weighted by Gasteiger charge is -2.55. The Labute approximate surface area is 234 Å². The first-order valence-electron chi connectivity index (χ1n) is 13.8. The van der Waals surface area contributed by atoms with Crippen molar-refractivity contribution in [3.05, 3.63) is 77.2 Å². The van der Waals surface area contributed by atoms with E-state index in [1.165, 1.54) is 12.1 Å². The summed E-state index contributed by atoms with van der Waals surface area (Å²) in [5.74, 6) is 1.30. The third-order valence-corrected chi connectivity index (χ3v) is 9.26. The minimum atomic E-state index is -0.418. The molecule has 0 spiro atoms. The van der Waals surface area contributed by atoms with Gasteiger partial charge in [0.2, 0.25) is 0 Å². The molecule has 1 fully saturated rings. The van der Waals surface area contributed by atoms with Crippen molar-refractivity contribution in [3.8, 4) is 28.4 Å². The number of aliphatic hydroxyl groups is 1. The number of hydrogen-bond donors (Lipinski definition) is 2. The lowest BCUT2D eigenvalue weighted by atomic mass is 9.57. The highest BCUT2D eigenvalue weighted by Gasteiger charge is 2.54. The molecule has 0 saturated heterocycles. The number of halogens is 1. The van der Waals surface area contributed by atoms with Crippen molar-refractivity contribution in [2.45, 2.75) is 51.7 Å². The molecule has 1 aliphatic heterocycles. The van der Waals surface area contributed by atoms with Gasteiger partial charge >= 0.3 is 0 Å². The van der Waals surface area contributed by atoms with Gasteiger partial charge in [0.15, 0.2) is 11.5 Å². The summed E-state index contributed by atoms with van der Waals surface area (Å²) in [6.45, 7) is 6.34. The van der Waals surface area contributed by atoms with Gasteiger partial charge in [-0.25, -0.2) is 4.39 Å². The van der Waals surface area contributed by atoms with E-state index in [2.05, 4.69) is 32.9 Å². The first-order valence-corrected chi connectivity index (χ1v) is 13.8. The van der Waals surface area contributed by atoms with E-state index in [9.17, 15) is 14.6 Å². The molecule has 2 N–H and O–H groups in total. The molecule has 1 aliphatic carbocycles. The predicted octanol–water partition coefficient (Wildman–Crippen LogP) is 7.36. The summed E-state index contributed by atoms with van der Waals surface area (Å²) in [4.78, 5) is 0. The van der Waals surface area contributed by atoms with Crippen molar-refractivity contribution in [1.29, 1.82) is 0 Å². The van der Waals surface area contributed by atoms with Crippen molar-refractivity contribution < 1.29 is 24.1 Å². The summed E-state index contributed by atoms with van der Waals surface area (Å²) in [5.41, 5.74) is 4.97. The fraction of sp³-hybridized carbons (Fsp3) is 0.353. The van der Waals surface area contributed by atoms with Crippen molar-refractivity contribution in [2.75, 3.05) is 7.11 Å². The Bertz CT molecular complexity index is 1630. The average Bonchev–Trinajstić information content (AvgIpc) is 3.26. The molecule has 40 heavy (non-hydrogen) atoms.